The quantitative estimate of drug-likeness (QED) is 0.790. The summed E-state index contributed by atoms with van der Waals surface area (Å²) in [5.74, 6) is 0.973. The molecular formula is C10H12N4O. The van der Waals surface area contributed by atoms with Crippen LogP contribution in [-0.4, -0.2) is 33.9 Å². The molecule has 1 aliphatic rings. The molecule has 2 aromatic heterocycles. The van der Waals surface area contributed by atoms with Crippen LogP contribution in [0.25, 0.3) is 5.65 Å². The molecule has 0 bridgehead atoms. The summed E-state index contributed by atoms with van der Waals surface area (Å²) >= 11 is 0. The van der Waals surface area contributed by atoms with E-state index in [4.69, 9.17) is 4.74 Å². The highest BCUT2D eigenvalue weighted by molar-refractivity contribution is 5.48. The average Bonchev–Trinajstić information content (AvgIpc) is 2.87. The van der Waals surface area contributed by atoms with Gasteiger partial charge in [0, 0.05) is 6.61 Å². The number of hydrogen-bond acceptors (Lipinski definition) is 4. The van der Waals surface area contributed by atoms with Gasteiger partial charge in [-0.15, -0.1) is 0 Å². The third-order valence-corrected chi connectivity index (χ3v) is 2.58. The van der Waals surface area contributed by atoms with Crippen molar-refractivity contribution in [2.75, 3.05) is 18.5 Å². The Bertz CT molecular complexity index is 461. The summed E-state index contributed by atoms with van der Waals surface area (Å²) in [4.78, 5) is 4.13. The fraction of sp³-hybridized carbons (Fsp3) is 0.400. The van der Waals surface area contributed by atoms with Crippen molar-refractivity contribution in [3.8, 4) is 0 Å². The maximum atomic E-state index is 5.32. The summed E-state index contributed by atoms with van der Waals surface area (Å²) in [6.45, 7) is 1.61. The van der Waals surface area contributed by atoms with E-state index < -0.39 is 0 Å². The van der Waals surface area contributed by atoms with Gasteiger partial charge >= 0.3 is 0 Å². The van der Waals surface area contributed by atoms with E-state index in [0.717, 1.165) is 31.1 Å². The zero-order valence-electron chi connectivity index (χ0n) is 8.26. The number of pyridine rings is 1. The van der Waals surface area contributed by atoms with Gasteiger partial charge in [-0.05, 0) is 18.6 Å². The summed E-state index contributed by atoms with van der Waals surface area (Å²) in [6, 6.07) is 6.30. The Kier molecular flexibility index (Phi) is 2.03. The molecule has 1 unspecified atom stereocenters. The second kappa shape index (κ2) is 3.51. The van der Waals surface area contributed by atoms with E-state index in [-0.39, 0.29) is 0 Å². The van der Waals surface area contributed by atoms with Crippen molar-refractivity contribution in [3.63, 3.8) is 0 Å². The van der Waals surface area contributed by atoms with Gasteiger partial charge in [-0.3, -0.25) is 0 Å². The van der Waals surface area contributed by atoms with Crippen LogP contribution in [0.3, 0.4) is 0 Å². The highest BCUT2D eigenvalue weighted by atomic mass is 16.5. The summed E-state index contributed by atoms with van der Waals surface area (Å²) in [5, 5.41) is 7.57. The largest absolute Gasteiger partial charge is 0.379 e. The maximum absolute atomic E-state index is 5.32. The first-order valence-corrected chi connectivity index (χ1v) is 5.06. The highest BCUT2D eigenvalue weighted by Gasteiger charge is 2.16. The van der Waals surface area contributed by atoms with E-state index >= 15 is 0 Å². The number of fused-ring (bicyclic) bond motifs is 1. The van der Waals surface area contributed by atoms with Crippen LogP contribution in [0.5, 0.6) is 0 Å². The molecule has 1 N–H and O–H groups in total. The van der Waals surface area contributed by atoms with E-state index in [9.17, 15) is 0 Å². The lowest BCUT2D eigenvalue weighted by molar-refractivity contribution is 0.195. The predicted octanol–water partition coefficient (Wildman–Crippen LogP) is 0.930. The lowest BCUT2D eigenvalue weighted by atomic mass is 10.2. The molecule has 0 aromatic carbocycles. The van der Waals surface area contributed by atoms with Crippen molar-refractivity contribution < 1.29 is 4.74 Å². The van der Waals surface area contributed by atoms with Crippen LogP contribution in [0, 0.1) is 0 Å². The Hall–Kier alpha value is -1.62. The number of aromatic nitrogens is 3. The molecule has 0 radical (unpaired) electrons. The predicted molar refractivity (Wildman–Crippen MR) is 55.8 cm³/mol. The topological polar surface area (TPSA) is 51.5 Å². The normalized spacial score (nSPS) is 20.9. The molecule has 78 valence electrons. The van der Waals surface area contributed by atoms with Crippen LogP contribution in [0.4, 0.5) is 5.82 Å². The highest BCUT2D eigenvalue weighted by Crippen LogP contribution is 2.14. The van der Waals surface area contributed by atoms with E-state index in [2.05, 4.69) is 15.4 Å². The molecule has 0 spiro atoms. The van der Waals surface area contributed by atoms with Crippen molar-refractivity contribution in [2.24, 2.45) is 0 Å². The van der Waals surface area contributed by atoms with Gasteiger partial charge in [0.25, 0.3) is 0 Å². The Morgan fingerprint density at radius 3 is 3.33 bits per heavy atom. The van der Waals surface area contributed by atoms with Crippen LogP contribution in [0.2, 0.25) is 0 Å². The second-order valence-electron chi connectivity index (χ2n) is 3.65. The Morgan fingerprint density at radius 2 is 2.47 bits per heavy atom. The standard InChI is InChI=1S/C10H12N4O/c1-2-9-11-7-12-14(9)10(3-1)13-8-4-5-15-6-8/h1-3,7-8,13H,4-6H2. The molecule has 1 atom stereocenters. The van der Waals surface area contributed by atoms with Crippen LogP contribution in [0.1, 0.15) is 6.42 Å². The zero-order chi connectivity index (χ0) is 10.1. The molecule has 5 nitrogen and oxygen atoms in total. The fourth-order valence-corrected chi connectivity index (χ4v) is 1.81. The third-order valence-electron chi connectivity index (χ3n) is 2.58. The molecule has 5 heteroatoms. The van der Waals surface area contributed by atoms with Crippen molar-refractivity contribution in [1.82, 2.24) is 14.6 Å². The smallest absolute Gasteiger partial charge is 0.157 e. The molecule has 1 fully saturated rings. The Balaban J connectivity index is 1.92. The Morgan fingerprint density at radius 1 is 1.47 bits per heavy atom. The molecule has 0 amide bonds. The molecule has 1 saturated heterocycles. The first-order valence-electron chi connectivity index (χ1n) is 5.06. The number of rotatable bonds is 2. The molecule has 2 aromatic rings. The van der Waals surface area contributed by atoms with Crippen LogP contribution < -0.4 is 5.32 Å². The number of anilines is 1. The summed E-state index contributed by atoms with van der Waals surface area (Å²) in [5.41, 5.74) is 0.860. The number of ether oxygens (including phenoxy) is 1. The number of nitrogens with zero attached hydrogens (tertiary/aromatic N) is 3. The van der Waals surface area contributed by atoms with Crippen LogP contribution in [-0.2, 0) is 4.74 Å². The number of nitrogens with one attached hydrogen (secondary N) is 1. The van der Waals surface area contributed by atoms with Gasteiger partial charge < -0.3 is 10.1 Å². The minimum absolute atomic E-state index is 0.389. The van der Waals surface area contributed by atoms with Gasteiger partial charge in [0.05, 0.1) is 12.6 Å². The van der Waals surface area contributed by atoms with Crippen molar-refractivity contribution in [1.29, 1.82) is 0 Å². The molecule has 15 heavy (non-hydrogen) atoms. The minimum atomic E-state index is 0.389. The second-order valence-corrected chi connectivity index (χ2v) is 3.65. The maximum Gasteiger partial charge on any atom is 0.157 e. The fourth-order valence-electron chi connectivity index (χ4n) is 1.81. The van der Waals surface area contributed by atoms with Gasteiger partial charge in [-0.25, -0.2) is 4.98 Å². The Labute approximate surface area is 87.1 Å². The lowest BCUT2D eigenvalue weighted by Gasteiger charge is -2.12. The minimum Gasteiger partial charge on any atom is -0.379 e. The SMILES string of the molecule is c1cc(NC2CCOC2)n2ncnc2c1. The third kappa shape index (κ3) is 1.55. The summed E-state index contributed by atoms with van der Waals surface area (Å²) < 4.78 is 7.12. The first kappa shape index (κ1) is 8.67. The monoisotopic (exact) mass is 204 g/mol. The van der Waals surface area contributed by atoms with E-state index in [1.807, 2.05) is 18.2 Å². The van der Waals surface area contributed by atoms with E-state index in [0.29, 0.717) is 6.04 Å². The van der Waals surface area contributed by atoms with Gasteiger partial charge in [0.15, 0.2) is 5.65 Å². The molecule has 3 rings (SSSR count). The van der Waals surface area contributed by atoms with Gasteiger partial charge in [-0.1, -0.05) is 6.07 Å². The molecular weight excluding hydrogens is 192 g/mol. The average molecular weight is 204 g/mol. The van der Waals surface area contributed by atoms with Gasteiger partial charge in [-0.2, -0.15) is 9.61 Å². The zero-order valence-corrected chi connectivity index (χ0v) is 8.26. The van der Waals surface area contributed by atoms with Gasteiger partial charge in [0.1, 0.15) is 12.1 Å². The van der Waals surface area contributed by atoms with Gasteiger partial charge in [0.2, 0.25) is 0 Å². The van der Waals surface area contributed by atoms with Crippen molar-refractivity contribution in [3.05, 3.63) is 24.5 Å². The van der Waals surface area contributed by atoms with Crippen molar-refractivity contribution in [2.45, 2.75) is 12.5 Å². The summed E-state index contributed by atoms with van der Waals surface area (Å²) in [6.07, 6.45) is 2.61. The van der Waals surface area contributed by atoms with Crippen molar-refractivity contribution >= 4 is 11.5 Å². The van der Waals surface area contributed by atoms with Crippen LogP contribution >= 0.6 is 0 Å². The first-order chi connectivity index (χ1) is 7.43. The molecule has 1 aliphatic heterocycles. The molecule has 0 saturated carbocycles. The summed E-state index contributed by atoms with van der Waals surface area (Å²) in [7, 11) is 0. The number of hydrogen-bond donors (Lipinski definition) is 1. The van der Waals surface area contributed by atoms with E-state index in [1.165, 1.54) is 0 Å². The molecule has 3 heterocycles. The lowest BCUT2D eigenvalue weighted by Crippen LogP contribution is -2.20. The van der Waals surface area contributed by atoms with E-state index in [1.54, 1.807) is 10.8 Å². The molecule has 0 aliphatic carbocycles. The van der Waals surface area contributed by atoms with Crippen LogP contribution in [0.15, 0.2) is 24.5 Å².